The summed E-state index contributed by atoms with van der Waals surface area (Å²) in [5, 5.41) is 3.69. The van der Waals surface area contributed by atoms with Gasteiger partial charge in [0.25, 0.3) is 0 Å². The van der Waals surface area contributed by atoms with Crippen LogP contribution in [0.25, 0.3) is 0 Å². The summed E-state index contributed by atoms with van der Waals surface area (Å²) in [5.41, 5.74) is 5.53. The molecule has 3 heterocycles. The molecule has 0 aromatic carbocycles. The SMILES string of the molecule is CCn1ccnc1[C@H]1OCCC[C@@H]1Nc1ncc(C(N)=O)cc1Cl. The molecule has 8 heteroatoms. The first-order valence-electron chi connectivity index (χ1n) is 7.94. The molecule has 1 aliphatic heterocycles. The second-order valence-electron chi connectivity index (χ2n) is 5.67. The minimum absolute atomic E-state index is 0.00382. The molecule has 1 fully saturated rings. The van der Waals surface area contributed by atoms with E-state index in [4.69, 9.17) is 22.1 Å². The van der Waals surface area contributed by atoms with Crippen LogP contribution < -0.4 is 11.1 Å². The monoisotopic (exact) mass is 349 g/mol. The van der Waals surface area contributed by atoms with Crippen LogP contribution in [-0.4, -0.2) is 33.1 Å². The van der Waals surface area contributed by atoms with Gasteiger partial charge in [-0.05, 0) is 25.8 Å². The number of aromatic nitrogens is 3. The Labute approximate surface area is 145 Å². The van der Waals surface area contributed by atoms with Crippen molar-refractivity contribution in [2.75, 3.05) is 11.9 Å². The number of hydrogen-bond donors (Lipinski definition) is 2. The number of pyridine rings is 1. The summed E-state index contributed by atoms with van der Waals surface area (Å²) >= 11 is 6.23. The Kier molecular flexibility index (Phi) is 5.01. The van der Waals surface area contributed by atoms with E-state index in [9.17, 15) is 4.79 Å². The van der Waals surface area contributed by atoms with E-state index >= 15 is 0 Å². The van der Waals surface area contributed by atoms with Gasteiger partial charge in [0.05, 0.1) is 16.6 Å². The van der Waals surface area contributed by atoms with Crippen LogP contribution in [0.1, 0.15) is 42.1 Å². The van der Waals surface area contributed by atoms with Crippen molar-refractivity contribution in [2.24, 2.45) is 5.73 Å². The molecule has 128 valence electrons. The molecule has 0 spiro atoms. The van der Waals surface area contributed by atoms with E-state index in [1.807, 2.05) is 6.20 Å². The van der Waals surface area contributed by atoms with Gasteiger partial charge in [0, 0.05) is 31.7 Å². The molecule has 0 unspecified atom stereocenters. The topological polar surface area (TPSA) is 95.1 Å². The van der Waals surface area contributed by atoms with Crippen LogP contribution in [0.2, 0.25) is 5.02 Å². The molecule has 2 aromatic heterocycles. The number of imidazole rings is 1. The second kappa shape index (κ2) is 7.19. The maximum atomic E-state index is 11.2. The first-order chi connectivity index (χ1) is 11.6. The molecule has 0 saturated carbocycles. The summed E-state index contributed by atoms with van der Waals surface area (Å²) in [4.78, 5) is 19.9. The van der Waals surface area contributed by atoms with Gasteiger partial charge in [-0.3, -0.25) is 4.79 Å². The third kappa shape index (κ3) is 3.37. The number of amides is 1. The highest BCUT2D eigenvalue weighted by Crippen LogP contribution is 2.31. The minimum atomic E-state index is -0.556. The van der Waals surface area contributed by atoms with Crippen LogP contribution in [0.3, 0.4) is 0 Å². The lowest BCUT2D eigenvalue weighted by molar-refractivity contribution is -0.00177. The molecule has 3 rings (SSSR count). The summed E-state index contributed by atoms with van der Waals surface area (Å²) in [5.74, 6) is 0.844. The molecular formula is C16H20ClN5O2. The Morgan fingerprint density at radius 1 is 1.54 bits per heavy atom. The zero-order valence-corrected chi connectivity index (χ0v) is 14.2. The fourth-order valence-electron chi connectivity index (χ4n) is 2.88. The first-order valence-corrected chi connectivity index (χ1v) is 8.32. The van der Waals surface area contributed by atoms with E-state index in [1.165, 1.54) is 12.3 Å². The van der Waals surface area contributed by atoms with E-state index in [0.717, 1.165) is 25.2 Å². The van der Waals surface area contributed by atoms with Gasteiger partial charge in [0.1, 0.15) is 17.7 Å². The number of nitrogens with one attached hydrogen (secondary N) is 1. The largest absolute Gasteiger partial charge is 0.368 e. The summed E-state index contributed by atoms with van der Waals surface area (Å²) < 4.78 is 8.03. The highest BCUT2D eigenvalue weighted by atomic mass is 35.5. The fourth-order valence-corrected chi connectivity index (χ4v) is 3.10. The fraction of sp³-hybridized carbons (Fsp3) is 0.438. The lowest BCUT2D eigenvalue weighted by Crippen LogP contribution is -2.35. The molecule has 1 amide bonds. The molecule has 0 bridgehead atoms. The highest BCUT2D eigenvalue weighted by Gasteiger charge is 2.31. The standard InChI is InChI=1S/C16H20ClN5O2/c1-2-22-6-5-19-16(22)13-12(4-3-7-24-13)21-15-11(17)8-10(9-20-15)14(18)23/h5-6,8-9,12-13H,2-4,7H2,1H3,(H2,18,23)(H,20,21)/t12-,13-/m0/s1. The van der Waals surface area contributed by atoms with Crippen molar-refractivity contribution in [1.82, 2.24) is 14.5 Å². The molecule has 2 aromatic rings. The van der Waals surface area contributed by atoms with Crippen LogP contribution >= 0.6 is 11.6 Å². The van der Waals surface area contributed by atoms with Gasteiger partial charge in [-0.1, -0.05) is 11.6 Å². The Morgan fingerprint density at radius 3 is 3.08 bits per heavy atom. The van der Waals surface area contributed by atoms with Crippen molar-refractivity contribution in [2.45, 2.75) is 38.5 Å². The number of nitrogens with zero attached hydrogens (tertiary/aromatic N) is 3. The Bertz CT molecular complexity index is 733. The number of aryl methyl sites for hydroxylation is 1. The Balaban J connectivity index is 1.83. The summed E-state index contributed by atoms with van der Waals surface area (Å²) in [7, 11) is 0. The number of carbonyl (C=O) groups excluding carboxylic acids is 1. The van der Waals surface area contributed by atoms with E-state index in [0.29, 0.717) is 17.4 Å². The zero-order chi connectivity index (χ0) is 17.1. The number of rotatable bonds is 5. The average molecular weight is 350 g/mol. The number of anilines is 1. The maximum Gasteiger partial charge on any atom is 0.250 e. The quantitative estimate of drug-likeness (QED) is 0.864. The van der Waals surface area contributed by atoms with Crippen molar-refractivity contribution in [3.05, 3.63) is 41.1 Å². The molecule has 7 nitrogen and oxygen atoms in total. The minimum Gasteiger partial charge on any atom is -0.368 e. The van der Waals surface area contributed by atoms with Crippen molar-refractivity contribution in [3.63, 3.8) is 0 Å². The van der Waals surface area contributed by atoms with E-state index < -0.39 is 5.91 Å². The number of halogens is 1. The summed E-state index contributed by atoms with van der Waals surface area (Å²) in [6.07, 6.45) is 6.82. The normalized spacial score (nSPS) is 20.8. The zero-order valence-electron chi connectivity index (χ0n) is 13.4. The van der Waals surface area contributed by atoms with Crippen LogP contribution in [0.4, 0.5) is 5.82 Å². The molecule has 2 atom stereocenters. The van der Waals surface area contributed by atoms with E-state index in [-0.39, 0.29) is 17.7 Å². The van der Waals surface area contributed by atoms with E-state index in [2.05, 4.69) is 26.8 Å². The van der Waals surface area contributed by atoms with Gasteiger partial charge < -0.3 is 20.4 Å². The van der Waals surface area contributed by atoms with E-state index in [1.54, 1.807) is 6.20 Å². The number of nitrogens with two attached hydrogens (primary N) is 1. The summed E-state index contributed by atoms with van der Waals surface area (Å²) in [6, 6.07) is 1.51. The number of ether oxygens (including phenoxy) is 1. The van der Waals surface area contributed by atoms with Crippen LogP contribution in [0.5, 0.6) is 0 Å². The first kappa shape index (κ1) is 16.7. The van der Waals surface area contributed by atoms with Gasteiger partial charge >= 0.3 is 0 Å². The van der Waals surface area contributed by atoms with Crippen LogP contribution in [0.15, 0.2) is 24.7 Å². The second-order valence-corrected chi connectivity index (χ2v) is 6.08. The lowest BCUT2D eigenvalue weighted by Gasteiger charge is -2.32. The predicted molar refractivity (Wildman–Crippen MR) is 91.0 cm³/mol. The molecule has 0 aliphatic carbocycles. The summed E-state index contributed by atoms with van der Waals surface area (Å²) in [6.45, 7) is 3.59. The molecule has 1 aliphatic rings. The van der Waals surface area contributed by atoms with Gasteiger partial charge in [-0.15, -0.1) is 0 Å². The van der Waals surface area contributed by atoms with Gasteiger partial charge in [-0.2, -0.15) is 0 Å². The van der Waals surface area contributed by atoms with Crippen molar-refractivity contribution < 1.29 is 9.53 Å². The Hall–Kier alpha value is -2.12. The molecule has 3 N–H and O–H groups in total. The van der Waals surface area contributed by atoms with Gasteiger partial charge in [-0.25, -0.2) is 9.97 Å². The average Bonchev–Trinajstić information content (AvgIpc) is 3.05. The lowest BCUT2D eigenvalue weighted by atomic mass is 10.0. The van der Waals surface area contributed by atoms with Gasteiger partial charge in [0.15, 0.2) is 0 Å². The number of hydrogen-bond acceptors (Lipinski definition) is 5. The van der Waals surface area contributed by atoms with Crippen LogP contribution in [0, 0.1) is 0 Å². The maximum absolute atomic E-state index is 11.2. The number of primary amides is 1. The van der Waals surface area contributed by atoms with Crippen molar-refractivity contribution in [3.8, 4) is 0 Å². The molecule has 0 radical (unpaired) electrons. The smallest absolute Gasteiger partial charge is 0.250 e. The highest BCUT2D eigenvalue weighted by molar-refractivity contribution is 6.33. The third-order valence-corrected chi connectivity index (χ3v) is 4.40. The van der Waals surface area contributed by atoms with Gasteiger partial charge in [0.2, 0.25) is 5.91 Å². The molecule has 24 heavy (non-hydrogen) atoms. The number of carbonyl (C=O) groups is 1. The molecule has 1 saturated heterocycles. The third-order valence-electron chi connectivity index (χ3n) is 4.11. The van der Waals surface area contributed by atoms with Crippen LogP contribution in [-0.2, 0) is 11.3 Å². The Morgan fingerprint density at radius 2 is 2.38 bits per heavy atom. The molecular weight excluding hydrogens is 330 g/mol. The predicted octanol–water partition coefficient (Wildman–Crippen LogP) is 2.38. The van der Waals surface area contributed by atoms with Crippen molar-refractivity contribution >= 4 is 23.3 Å². The van der Waals surface area contributed by atoms with Crippen molar-refractivity contribution in [1.29, 1.82) is 0 Å².